The molecule has 1 N–H and O–H groups in total. The van der Waals surface area contributed by atoms with Crippen molar-refractivity contribution < 1.29 is 9.53 Å². The van der Waals surface area contributed by atoms with E-state index in [0.29, 0.717) is 16.6 Å². The molecule has 0 spiro atoms. The second kappa shape index (κ2) is 9.08. The summed E-state index contributed by atoms with van der Waals surface area (Å²) >= 11 is 6.07. The van der Waals surface area contributed by atoms with Gasteiger partial charge in [0.1, 0.15) is 17.4 Å². The summed E-state index contributed by atoms with van der Waals surface area (Å²) in [7, 11) is 0. The number of ether oxygens (including phenoxy) is 1. The Morgan fingerprint density at radius 2 is 2.00 bits per heavy atom. The highest BCUT2D eigenvalue weighted by atomic mass is 35.5. The maximum absolute atomic E-state index is 12.6. The Hall–Kier alpha value is -3.89. The van der Waals surface area contributed by atoms with Gasteiger partial charge in [-0.3, -0.25) is 4.79 Å². The number of nitrogens with zero attached hydrogens (tertiary/aromatic N) is 4. The van der Waals surface area contributed by atoms with Gasteiger partial charge < -0.3 is 10.1 Å². The van der Waals surface area contributed by atoms with Crippen molar-refractivity contribution in [3.05, 3.63) is 76.4 Å². The van der Waals surface area contributed by atoms with E-state index in [2.05, 4.69) is 16.5 Å². The maximum atomic E-state index is 12.6. The summed E-state index contributed by atoms with van der Waals surface area (Å²) in [6.07, 6.45) is 1.49. The van der Waals surface area contributed by atoms with Crippen LogP contribution < -0.4 is 10.1 Å². The minimum atomic E-state index is -0.316. The molecule has 2 aromatic carbocycles. The summed E-state index contributed by atoms with van der Waals surface area (Å²) in [5.74, 6) is 0.989. The zero-order valence-electron chi connectivity index (χ0n) is 17.6. The summed E-state index contributed by atoms with van der Waals surface area (Å²) < 4.78 is 7.06. The van der Waals surface area contributed by atoms with Gasteiger partial charge in [-0.15, -0.1) is 0 Å². The molecule has 8 heteroatoms. The summed E-state index contributed by atoms with van der Waals surface area (Å²) in [5.41, 5.74) is 3.15. The van der Waals surface area contributed by atoms with E-state index < -0.39 is 0 Å². The Bertz CT molecular complexity index is 1360. The molecular weight excluding hydrogens is 426 g/mol. The number of rotatable bonds is 6. The lowest BCUT2D eigenvalue weighted by Gasteiger charge is -2.12. The van der Waals surface area contributed by atoms with Crippen molar-refractivity contribution in [2.75, 3.05) is 11.9 Å². The van der Waals surface area contributed by atoms with Crippen molar-refractivity contribution in [3.8, 4) is 17.6 Å². The van der Waals surface area contributed by atoms with E-state index in [0.717, 1.165) is 22.0 Å². The first-order valence-electron chi connectivity index (χ1n) is 10.0. The fraction of sp³-hybridized carbons (Fsp3) is 0.167. The van der Waals surface area contributed by atoms with Gasteiger partial charge in [0.15, 0.2) is 11.6 Å². The molecule has 0 aliphatic heterocycles. The number of benzene rings is 2. The molecule has 0 aliphatic rings. The van der Waals surface area contributed by atoms with Gasteiger partial charge in [0.05, 0.1) is 29.8 Å². The number of anilines is 1. The van der Waals surface area contributed by atoms with E-state index in [9.17, 15) is 10.1 Å². The Morgan fingerprint density at radius 3 is 2.78 bits per heavy atom. The molecule has 0 unspecified atom stereocenters. The third kappa shape index (κ3) is 4.27. The number of amides is 1. The van der Waals surface area contributed by atoms with Crippen molar-refractivity contribution in [2.24, 2.45) is 0 Å². The number of hydrogen-bond acceptors (Lipinski definition) is 5. The molecule has 0 fully saturated rings. The SMILES string of the molecule is Cc1cc(-n2ncc(C#N)c2NC(=O)CCOc2ccccc2Cl)nc2c(C)cccc12. The molecule has 0 aliphatic carbocycles. The zero-order valence-corrected chi connectivity index (χ0v) is 18.3. The predicted molar refractivity (Wildman–Crippen MR) is 123 cm³/mol. The smallest absolute Gasteiger partial charge is 0.228 e. The van der Waals surface area contributed by atoms with Crippen LogP contribution in [0.25, 0.3) is 16.7 Å². The van der Waals surface area contributed by atoms with Crippen molar-refractivity contribution in [3.63, 3.8) is 0 Å². The predicted octanol–water partition coefficient (Wildman–Crippen LogP) is 4.97. The second-order valence-corrected chi connectivity index (χ2v) is 7.68. The van der Waals surface area contributed by atoms with Crippen LogP contribution in [0.2, 0.25) is 5.02 Å². The number of para-hydroxylation sites is 2. The number of pyridine rings is 1. The molecule has 32 heavy (non-hydrogen) atoms. The fourth-order valence-corrected chi connectivity index (χ4v) is 3.58. The largest absolute Gasteiger partial charge is 0.491 e. The molecule has 2 heterocycles. The second-order valence-electron chi connectivity index (χ2n) is 7.28. The summed E-state index contributed by atoms with van der Waals surface area (Å²) in [5, 5.41) is 18.1. The molecule has 0 saturated carbocycles. The lowest BCUT2D eigenvalue weighted by Crippen LogP contribution is -2.18. The lowest BCUT2D eigenvalue weighted by atomic mass is 10.1. The summed E-state index contributed by atoms with van der Waals surface area (Å²) in [4.78, 5) is 17.3. The van der Waals surface area contributed by atoms with E-state index in [1.165, 1.54) is 10.9 Å². The standard InChI is InChI=1S/C24H20ClN5O2/c1-15-6-5-7-18-16(2)12-21(28-23(15)18)30-24(17(13-26)14-27-30)29-22(31)10-11-32-20-9-4-3-8-19(20)25/h3-9,12,14H,10-11H2,1-2H3,(H,29,31). The molecule has 4 rings (SSSR count). The van der Waals surface area contributed by atoms with Gasteiger partial charge in [0.2, 0.25) is 5.91 Å². The zero-order chi connectivity index (χ0) is 22.7. The quantitative estimate of drug-likeness (QED) is 0.452. The fourth-order valence-electron chi connectivity index (χ4n) is 3.39. The number of fused-ring (bicyclic) bond motifs is 1. The van der Waals surface area contributed by atoms with E-state index in [1.54, 1.807) is 24.3 Å². The molecular formula is C24H20ClN5O2. The van der Waals surface area contributed by atoms with Crippen LogP contribution in [0.5, 0.6) is 5.75 Å². The number of nitriles is 1. The van der Waals surface area contributed by atoms with Crippen molar-refractivity contribution in [1.29, 1.82) is 5.26 Å². The van der Waals surface area contributed by atoms with Gasteiger partial charge in [-0.1, -0.05) is 41.9 Å². The Kier molecular flexibility index (Phi) is 6.06. The van der Waals surface area contributed by atoms with Crippen LogP contribution in [0.15, 0.2) is 54.7 Å². The highest BCUT2D eigenvalue weighted by Crippen LogP contribution is 2.26. The van der Waals surface area contributed by atoms with E-state index >= 15 is 0 Å². The monoisotopic (exact) mass is 445 g/mol. The van der Waals surface area contributed by atoms with Gasteiger partial charge in [0.25, 0.3) is 0 Å². The molecule has 4 aromatic rings. The van der Waals surface area contributed by atoms with E-state index in [-0.39, 0.29) is 30.3 Å². The summed E-state index contributed by atoms with van der Waals surface area (Å²) in [6, 6.07) is 17.0. The van der Waals surface area contributed by atoms with Crippen LogP contribution in [0.4, 0.5) is 5.82 Å². The average Bonchev–Trinajstić information content (AvgIpc) is 3.18. The highest BCUT2D eigenvalue weighted by Gasteiger charge is 2.17. The van der Waals surface area contributed by atoms with Crippen LogP contribution >= 0.6 is 11.6 Å². The molecule has 0 saturated heterocycles. The van der Waals surface area contributed by atoms with Crippen LogP contribution in [-0.2, 0) is 4.79 Å². The average molecular weight is 446 g/mol. The first kappa shape index (κ1) is 21.3. The van der Waals surface area contributed by atoms with Crippen LogP contribution in [0.3, 0.4) is 0 Å². The van der Waals surface area contributed by atoms with E-state index in [4.69, 9.17) is 21.3 Å². The van der Waals surface area contributed by atoms with Gasteiger partial charge in [0, 0.05) is 5.39 Å². The number of nitrogens with one attached hydrogen (secondary N) is 1. The Labute approximate surface area is 190 Å². The third-order valence-corrected chi connectivity index (χ3v) is 5.33. The molecule has 0 radical (unpaired) electrons. The highest BCUT2D eigenvalue weighted by molar-refractivity contribution is 6.32. The van der Waals surface area contributed by atoms with Crippen molar-refractivity contribution >= 4 is 34.2 Å². The van der Waals surface area contributed by atoms with Gasteiger partial charge in [-0.05, 0) is 43.2 Å². The van der Waals surface area contributed by atoms with Gasteiger partial charge in [-0.2, -0.15) is 15.0 Å². The van der Waals surface area contributed by atoms with Crippen LogP contribution in [0, 0.1) is 25.2 Å². The Balaban J connectivity index is 1.57. The third-order valence-electron chi connectivity index (χ3n) is 5.02. The number of halogens is 1. The van der Waals surface area contributed by atoms with E-state index in [1.807, 2.05) is 38.1 Å². The number of aromatic nitrogens is 3. The van der Waals surface area contributed by atoms with Crippen molar-refractivity contribution in [2.45, 2.75) is 20.3 Å². The minimum absolute atomic E-state index is 0.0740. The molecule has 2 aromatic heterocycles. The number of carbonyl (C=O) groups is 1. The maximum Gasteiger partial charge on any atom is 0.228 e. The number of aryl methyl sites for hydroxylation is 2. The Morgan fingerprint density at radius 1 is 1.19 bits per heavy atom. The summed E-state index contributed by atoms with van der Waals surface area (Å²) in [6.45, 7) is 4.12. The molecule has 0 atom stereocenters. The van der Waals surface area contributed by atoms with Crippen LogP contribution in [0.1, 0.15) is 23.1 Å². The first-order chi connectivity index (χ1) is 15.5. The molecule has 1 amide bonds. The first-order valence-corrected chi connectivity index (χ1v) is 10.4. The number of carbonyl (C=O) groups excluding carboxylic acids is 1. The molecule has 0 bridgehead atoms. The van der Waals surface area contributed by atoms with Gasteiger partial charge in [-0.25, -0.2) is 4.98 Å². The normalized spacial score (nSPS) is 10.7. The van der Waals surface area contributed by atoms with Crippen LogP contribution in [-0.4, -0.2) is 27.3 Å². The lowest BCUT2D eigenvalue weighted by molar-refractivity contribution is -0.116. The minimum Gasteiger partial charge on any atom is -0.491 e. The molecule has 7 nitrogen and oxygen atoms in total. The molecule has 160 valence electrons. The number of hydrogen-bond donors (Lipinski definition) is 1. The van der Waals surface area contributed by atoms with Crippen molar-refractivity contribution in [1.82, 2.24) is 14.8 Å². The van der Waals surface area contributed by atoms with Gasteiger partial charge >= 0.3 is 0 Å². The topological polar surface area (TPSA) is 92.8 Å².